The standard InChI is InChI=1S/C11H17NS/c1-7-5-8(13)6-9(10(7)12)11(2,3)4/h5-6,13H,12H2,1-4H3. The minimum absolute atomic E-state index is 0.0909. The van der Waals surface area contributed by atoms with Gasteiger partial charge in [0.15, 0.2) is 0 Å². The molecule has 0 heterocycles. The Morgan fingerprint density at radius 1 is 1.23 bits per heavy atom. The Labute approximate surface area is 85.8 Å². The van der Waals surface area contributed by atoms with Crippen molar-refractivity contribution < 1.29 is 0 Å². The molecule has 0 radical (unpaired) electrons. The monoisotopic (exact) mass is 195 g/mol. The van der Waals surface area contributed by atoms with Crippen molar-refractivity contribution in [2.24, 2.45) is 0 Å². The molecule has 0 fully saturated rings. The number of hydrogen-bond donors (Lipinski definition) is 2. The van der Waals surface area contributed by atoms with E-state index in [0.29, 0.717) is 0 Å². The van der Waals surface area contributed by atoms with Crippen LogP contribution in [0.2, 0.25) is 0 Å². The van der Waals surface area contributed by atoms with E-state index in [9.17, 15) is 0 Å². The fraction of sp³-hybridized carbons (Fsp3) is 0.455. The molecule has 0 unspecified atom stereocenters. The van der Waals surface area contributed by atoms with Crippen LogP contribution in [0, 0.1) is 6.92 Å². The van der Waals surface area contributed by atoms with Gasteiger partial charge in [0.1, 0.15) is 0 Å². The highest BCUT2D eigenvalue weighted by molar-refractivity contribution is 7.80. The Morgan fingerprint density at radius 2 is 1.77 bits per heavy atom. The first-order chi connectivity index (χ1) is 5.82. The number of nitrogens with two attached hydrogens (primary N) is 1. The van der Waals surface area contributed by atoms with Crippen LogP contribution in [0.15, 0.2) is 17.0 Å². The fourth-order valence-electron chi connectivity index (χ4n) is 1.40. The summed E-state index contributed by atoms with van der Waals surface area (Å²) in [6.45, 7) is 8.49. The molecule has 0 bridgehead atoms. The molecule has 1 aromatic carbocycles. The first-order valence-electron chi connectivity index (χ1n) is 4.42. The Balaban J connectivity index is 3.37. The SMILES string of the molecule is Cc1cc(S)cc(C(C)(C)C)c1N. The molecule has 0 amide bonds. The summed E-state index contributed by atoms with van der Waals surface area (Å²) in [5.74, 6) is 0. The van der Waals surface area contributed by atoms with Crippen LogP contribution in [0.4, 0.5) is 5.69 Å². The number of aryl methyl sites for hydroxylation is 1. The summed E-state index contributed by atoms with van der Waals surface area (Å²) in [6.07, 6.45) is 0. The molecule has 13 heavy (non-hydrogen) atoms. The van der Waals surface area contributed by atoms with Crippen LogP contribution >= 0.6 is 12.6 Å². The first kappa shape index (κ1) is 10.5. The smallest absolute Gasteiger partial charge is 0.0382 e. The number of rotatable bonds is 0. The number of anilines is 1. The summed E-state index contributed by atoms with van der Waals surface area (Å²) in [7, 11) is 0. The zero-order valence-electron chi connectivity index (χ0n) is 8.68. The molecule has 1 nitrogen and oxygen atoms in total. The van der Waals surface area contributed by atoms with Crippen molar-refractivity contribution >= 4 is 18.3 Å². The highest BCUT2D eigenvalue weighted by atomic mass is 32.1. The van der Waals surface area contributed by atoms with Gasteiger partial charge in [0.25, 0.3) is 0 Å². The third-order valence-electron chi connectivity index (χ3n) is 2.18. The molecule has 72 valence electrons. The van der Waals surface area contributed by atoms with E-state index in [0.717, 1.165) is 16.1 Å². The first-order valence-corrected chi connectivity index (χ1v) is 4.86. The molecular formula is C11H17NS. The average Bonchev–Trinajstić information content (AvgIpc) is 1.94. The van der Waals surface area contributed by atoms with Crippen molar-refractivity contribution in [1.29, 1.82) is 0 Å². The van der Waals surface area contributed by atoms with Crippen LogP contribution in [-0.4, -0.2) is 0 Å². The second kappa shape index (κ2) is 3.26. The lowest BCUT2D eigenvalue weighted by Gasteiger charge is -2.22. The Kier molecular flexibility index (Phi) is 2.62. The molecule has 0 aromatic heterocycles. The van der Waals surface area contributed by atoms with Gasteiger partial charge in [-0.25, -0.2) is 0 Å². The Morgan fingerprint density at radius 3 is 2.23 bits per heavy atom. The van der Waals surface area contributed by atoms with Gasteiger partial charge in [-0.1, -0.05) is 20.8 Å². The van der Waals surface area contributed by atoms with Crippen molar-refractivity contribution in [2.45, 2.75) is 38.0 Å². The number of hydrogen-bond acceptors (Lipinski definition) is 2. The molecular weight excluding hydrogens is 178 g/mol. The lowest BCUT2D eigenvalue weighted by Crippen LogP contribution is -2.14. The lowest BCUT2D eigenvalue weighted by atomic mass is 9.85. The van der Waals surface area contributed by atoms with Gasteiger partial charge in [-0.15, -0.1) is 12.6 Å². The van der Waals surface area contributed by atoms with Gasteiger partial charge < -0.3 is 5.73 Å². The van der Waals surface area contributed by atoms with Crippen LogP contribution in [0.5, 0.6) is 0 Å². The average molecular weight is 195 g/mol. The molecule has 0 atom stereocenters. The predicted octanol–water partition coefficient (Wildman–Crippen LogP) is 3.16. The van der Waals surface area contributed by atoms with E-state index in [4.69, 9.17) is 5.73 Å². The van der Waals surface area contributed by atoms with Crippen molar-refractivity contribution in [2.75, 3.05) is 5.73 Å². The van der Waals surface area contributed by atoms with Crippen molar-refractivity contribution in [3.8, 4) is 0 Å². The third-order valence-corrected chi connectivity index (χ3v) is 2.44. The number of thiol groups is 1. The summed E-state index contributed by atoms with van der Waals surface area (Å²) < 4.78 is 0. The molecule has 0 spiro atoms. The summed E-state index contributed by atoms with van der Waals surface area (Å²) in [5, 5.41) is 0. The molecule has 0 saturated heterocycles. The minimum atomic E-state index is 0.0909. The quantitative estimate of drug-likeness (QED) is 0.482. The van der Waals surface area contributed by atoms with Crippen LogP contribution in [0.3, 0.4) is 0 Å². The molecule has 0 aliphatic heterocycles. The van der Waals surface area contributed by atoms with Gasteiger partial charge in [0, 0.05) is 10.6 Å². The maximum Gasteiger partial charge on any atom is 0.0382 e. The lowest BCUT2D eigenvalue weighted by molar-refractivity contribution is 0.590. The van der Waals surface area contributed by atoms with E-state index in [1.165, 1.54) is 5.56 Å². The van der Waals surface area contributed by atoms with Crippen molar-refractivity contribution in [3.05, 3.63) is 23.3 Å². The van der Waals surface area contributed by atoms with E-state index >= 15 is 0 Å². The summed E-state index contributed by atoms with van der Waals surface area (Å²) in [4.78, 5) is 0.983. The second-order valence-electron chi connectivity index (χ2n) is 4.47. The van der Waals surface area contributed by atoms with Gasteiger partial charge in [-0.05, 0) is 35.6 Å². The van der Waals surface area contributed by atoms with Gasteiger partial charge in [-0.3, -0.25) is 0 Å². The van der Waals surface area contributed by atoms with Gasteiger partial charge >= 0.3 is 0 Å². The Bertz CT molecular complexity index is 324. The zero-order chi connectivity index (χ0) is 10.2. The molecule has 2 heteroatoms. The number of nitrogen functional groups attached to an aromatic ring is 1. The van der Waals surface area contributed by atoms with E-state index in [1.807, 2.05) is 19.1 Å². The molecule has 0 aliphatic rings. The minimum Gasteiger partial charge on any atom is -0.398 e. The highest BCUT2D eigenvalue weighted by Crippen LogP contribution is 2.31. The summed E-state index contributed by atoms with van der Waals surface area (Å²) >= 11 is 4.35. The molecule has 1 rings (SSSR count). The number of benzene rings is 1. The van der Waals surface area contributed by atoms with E-state index in [1.54, 1.807) is 0 Å². The van der Waals surface area contributed by atoms with Crippen LogP contribution in [0.25, 0.3) is 0 Å². The predicted molar refractivity (Wildman–Crippen MR) is 61.5 cm³/mol. The maximum absolute atomic E-state index is 6.00. The van der Waals surface area contributed by atoms with Gasteiger partial charge in [0.2, 0.25) is 0 Å². The van der Waals surface area contributed by atoms with Crippen LogP contribution < -0.4 is 5.73 Å². The Hall–Kier alpha value is -0.630. The van der Waals surface area contributed by atoms with Crippen LogP contribution in [0.1, 0.15) is 31.9 Å². The topological polar surface area (TPSA) is 26.0 Å². The third kappa shape index (κ3) is 2.19. The van der Waals surface area contributed by atoms with Crippen molar-refractivity contribution in [1.82, 2.24) is 0 Å². The summed E-state index contributed by atoms with van der Waals surface area (Å²) in [6, 6.07) is 4.04. The van der Waals surface area contributed by atoms with E-state index in [2.05, 4.69) is 33.4 Å². The van der Waals surface area contributed by atoms with E-state index < -0.39 is 0 Å². The molecule has 0 aliphatic carbocycles. The highest BCUT2D eigenvalue weighted by Gasteiger charge is 2.18. The fourth-order valence-corrected chi connectivity index (χ4v) is 1.72. The van der Waals surface area contributed by atoms with Crippen molar-refractivity contribution in [3.63, 3.8) is 0 Å². The summed E-state index contributed by atoms with van der Waals surface area (Å²) in [5.41, 5.74) is 9.28. The van der Waals surface area contributed by atoms with Gasteiger partial charge in [-0.2, -0.15) is 0 Å². The normalized spacial score (nSPS) is 11.8. The maximum atomic E-state index is 6.00. The molecule has 1 aromatic rings. The van der Waals surface area contributed by atoms with Crippen LogP contribution in [-0.2, 0) is 5.41 Å². The largest absolute Gasteiger partial charge is 0.398 e. The second-order valence-corrected chi connectivity index (χ2v) is 4.99. The van der Waals surface area contributed by atoms with E-state index in [-0.39, 0.29) is 5.41 Å². The zero-order valence-corrected chi connectivity index (χ0v) is 9.57. The van der Waals surface area contributed by atoms with Gasteiger partial charge in [0.05, 0.1) is 0 Å². The molecule has 2 N–H and O–H groups in total. The molecule has 0 saturated carbocycles.